The van der Waals surface area contributed by atoms with Crippen molar-refractivity contribution in [1.82, 2.24) is 29.6 Å². The SMILES string of the molecule is Cc1ccnnc1-c1cc(C#N)ccc1-c1cc(C2CC2)nc(-n2cc(C3CC3)c3cc(CNC4(C)CCC4)n(COCC[Si](C)(C)C)c3c2=O)c1. The number of pyridine rings is 2. The van der Waals surface area contributed by atoms with Gasteiger partial charge in [-0.1, -0.05) is 25.7 Å². The lowest BCUT2D eigenvalue weighted by Crippen LogP contribution is -2.47. The summed E-state index contributed by atoms with van der Waals surface area (Å²) in [5.74, 6) is 1.39. The number of nitrogens with one attached hydrogen (secondary N) is 1. The molecule has 0 aliphatic heterocycles. The fourth-order valence-corrected chi connectivity index (χ4v) is 8.22. The van der Waals surface area contributed by atoms with Crippen molar-refractivity contribution in [2.24, 2.45) is 0 Å². The van der Waals surface area contributed by atoms with Gasteiger partial charge in [-0.05, 0) is 129 Å². The maximum atomic E-state index is 15.0. The van der Waals surface area contributed by atoms with Gasteiger partial charge in [-0.2, -0.15) is 15.5 Å². The summed E-state index contributed by atoms with van der Waals surface area (Å²) in [7, 11) is -1.29. The monoisotopic (exact) mass is 711 g/mol. The van der Waals surface area contributed by atoms with E-state index in [1.165, 1.54) is 24.8 Å². The summed E-state index contributed by atoms with van der Waals surface area (Å²) < 4.78 is 10.3. The number of hydrogen-bond acceptors (Lipinski definition) is 7. The van der Waals surface area contributed by atoms with Gasteiger partial charge in [0, 0.05) is 67.4 Å². The second-order valence-electron chi connectivity index (χ2n) is 16.8. The summed E-state index contributed by atoms with van der Waals surface area (Å²) in [6.45, 7) is 13.1. The lowest BCUT2D eigenvalue weighted by molar-refractivity contribution is 0.0873. The van der Waals surface area contributed by atoms with Crippen LogP contribution in [0.5, 0.6) is 0 Å². The quantitative estimate of drug-likeness (QED) is 0.0962. The highest BCUT2D eigenvalue weighted by molar-refractivity contribution is 6.76. The van der Waals surface area contributed by atoms with Crippen LogP contribution in [0.3, 0.4) is 0 Å². The van der Waals surface area contributed by atoms with E-state index in [9.17, 15) is 10.1 Å². The van der Waals surface area contributed by atoms with E-state index in [1.54, 1.807) is 10.8 Å². The maximum absolute atomic E-state index is 15.0. The van der Waals surface area contributed by atoms with E-state index in [0.29, 0.717) is 48.6 Å². The van der Waals surface area contributed by atoms with E-state index < -0.39 is 8.07 Å². The number of nitrogens with zero attached hydrogens (tertiary/aromatic N) is 6. The first-order valence-corrected chi connectivity index (χ1v) is 22.7. The molecule has 3 saturated carbocycles. The predicted molar refractivity (Wildman–Crippen MR) is 208 cm³/mol. The number of ether oxygens (including phenoxy) is 1. The highest BCUT2D eigenvalue weighted by Gasteiger charge is 2.33. The molecule has 0 saturated heterocycles. The Kier molecular flexibility index (Phi) is 9.01. The minimum atomic E-state index is -1.29. The molecule has 10 heteroatoms. The van der Waals surface area contributed by atoms with E-state index in [2.05, 4.69) is 71.0 Å². The van der Waals surface area contributed by atoms with Crippen molar-refractivity contribution in [3.8, 4) is 34.3 Å². The van der Waals surface area contributed by atoms with E-state index in [-0.39, 0.29) is 11.1 Å². The number of nitriles is 1. The third-order valence-corrected chi connectivity index (χ3v) is 13.0. The van der Waals surface area contributed by atoms with Gasteiger partial charge in [-0.15, -0.1) is 0 Å². The third kappa shape index (κ3) is 7.02. The molecule has 0 unspecified atom stereocenters. The minimum absolute atomic E-state index is 0.0782. The van der Waals surface area contributed by atoms with Crippen molar-refractivity contribution < 1.29 is 4.74 Å². The van der Waals surface area contributed by atoms with Crippen LogP contribution < -0.4 is 10.9 Å². The van der Waals surface area contributed by atoms with Gasteiger partial charge in [-0.3, -0.25) is 9.36 Å². The summed E-state index contributed by atoms with van der Waals surface area (Å²) in [6.07, 6.45) is 11.7. The van der Waals surface area contributed by atoms with Crippen molar-refractivity contribution in [1.29, 1.82) is 5.26 Å². The fourth-order valence-electron chi connectivity index (χ4n) is 7.47. The number of aromatic nitrogens is 5. The Morgan fingerprint density at radius 3 is 2.50 bits per heavy atom. The molecule has 52 heavy (non-hydrogen) atoms. The summed E-state index contributed by atoms with van der Waals surface area (Å²) >= 11 is 0. The van der Waals surface area contributed by atoms with Crippen molar-refractivity contribution in [3.63, 3.8) is 0 Å². The van der Waals surface area contributed by atoms with Crippen LogP contribution in [0.25, 0.3) is 39.1 Å². The van der Waals surface area contributed by atoms with Crippen LogP contribution >= 0.6 is 0 Å². The number of fused-ring (bicyclic) bond motifs is 1. The van der Waals surface area contributed by atoms with E-state index in [1.807, 2.05) is 37.3 Å². The van der Waals surface area contributed by atoms with Gasteiger partial charge in [-0.25, -0.2) is 4.98 Å². The van der Waals surface area contributed by atoms with Crippen LogP contribution in [0.1, 0.15) is 91.8 Å². The van der Waals surface area contributed by atoms with Crippen LogP contribution in [-0.2, 0) is 18.0 Å². The first kappa shape index (κ1) is 34.6. The molecule has 4 aromatic heterocycles. The molecular weight excluding hydrogens is 663 g/mol. The van der Waals surface area contributed by atoms with Gasteiger partial charge in [0.2, 0.25) is 0 Å². The first-order valence-electron chi connectivity index (χ1n) is 19.0. The van der Waals surface area contributed by atoms with Crippen LogP contribution in [0, 0.1) is 18.3 Å². The molecule has 5 aromatic rings. The van der Waals surface area contributed by atoms with Gasteiger partial charge in [0.15, 0.2) is 0 Å². The zero-order chi connectivity index (χ0) is 36.2. The summed E-state index contributed by atoms with van der Waals surface area (Å²) in [5.41, 5.74) is 9.03. The van der Waals surface area contributed by atoms with Crippen LogP contribution in [0.2, 0.25) is 25.7 Å². The largest absolute Gasteiger partial charge is 0.361 e. The van der Waals surface area contributed by atoms with Crippen LogP contribution in [0.4, 0.5) is 0 Å². The molecular formula is C42H49N7O2Si. The Bertz CT molecular complexity index is 2270. The lowest BCUT2D eigenvalue weighted by Gasteiger charge is -2.39. The topological polar surface area (TPSA) is 111 Å². The first-order chi connectivity index (χ1) is 25.0. The van der Waals surface area contributed by atoms with Gasteiger partial charge in [0.1, 0.15) is 18.1 Å². The number of hydrogen-bond donors (Lipinski definition) is 1. The summed E-state index contributed by atoms with van der Waals surface area (Å²) in [6, 6.07) is 17.5. The molecule has 8 rings (SSSR count). The smallest absolute Gasteiger partial charge is 0.280 e. The average Bonchev–Trinajstić information content (AvgIpc) is 4.05. The van der Waals surface area contributed by atoms with Crippen LogP contribution in [0.15, 0.2) is 59.7 Å². The highest BCUT2D eigenvalue weighted by Crippen LogP contribution is 2.45. The predicted octanol–water partition coefficient (Wildman–Crippen LogP) is 8.59. The molecule has 0 amide bonds. The van der Waals surface area contributed by atoms with E-state index >= 15 is 0 Å². The molecule has 0 spiro atoms. The number of rotatable bonds is 13. The van der Waals surface area contributed by atoms with Crippen molar-refractivity contribution >= 4 is 19.0 Å². The zero-order valence-corrected chi connectivity index (χ0v) is 32.1. The Morgan fingerprint density at radius 1 is 1.04 bits per heavy atom. The molecule has 0 atom stereocenters. The number of benzene rings is 1. The van der Waals surface area contributed by atoms with E-state index in [4.69, 9.17) is 9.72 Å². The Balaban J connectivity index is 1.28. The standard InChI is InChI=1S/C42H49N7O2Si/c1-27-13-16-45-47-39(27)34-19-28(23-43)7-12-33(34)31-20-37(30-10-11-30)46-38(21-31)48-25-36(29-8-9-29)35-22-32(24-44-42(2)14-6-15-42)49(40(35)41(48)50)26-51-17-18-52(3,4)5/h7,12-13,16,19-22,25,29-30,44H,6,8-11,14-15,17-18,24,26H2,1-5H3. The molecule has 0 bridgehead atoms. The molecule has 3 aliphatic rings. The normalized spacial score (nSPS) is 16.9. The molecule has 268 valence electrons. The lowest BCUT2D eigenvalue weighted by atomic mass is 9.78. The third-order valence-electron chi connectivity index (χ3n) is 11.3. The van der Waals surface area contributed by atoms with E-state index in [0.717, 1.165) is 76.4 Å². The minimum Gasteiger partial charge on any atom is -0.361 e. The molecule has 1 N–H and O–H groups in total. The molecule has 1 aromatic carbocycles. The Morgan fingerprint density at radius 2 is 1.83 bits per heavy atom. The second-order valence-corrected chi connectivity index (χ2v) is 22.4. The molecule has 3 fully saturated rings. The number of aryl methyl sites for hydroxylation is 1. The molecule has 4 heterocycles. The molecule has 9 nitrogen and oxygen atoms in total. The zero-order valence-electron chi connectivity index (χ0n) is 31.1. The molecule has 3 aliphatic carbocycles. The highest BCUT2D eigenvalue weighted by atomic mass is 28.3. The van der Waals surface area contributed by atoms with Crippen molar-refractivity contribution in [2.45, 2.75) is 115 Å². The van der Waals surface area contributed by atoms with Crippen molar-refractivity contribution in [2.75, 3.05) is 6.61 Å². The van der Waals surface area contributed by atoms with Gasteiger partial charge in [0.05, 0.1) is 17.3 Å². The van der Waals surface area contributed by atoms with Gasteiger partial charge >= 0.3 is 0 Å². The average molecular weight is 712 g/mol. The molecule has 0 radical (unpaired) electrons. The Hall–Kier alpha value is -4.43. The van der Waals surface area contributed by atoms with Crippen LogP contribution in [-0.4, -0.2) is 44.5 Å². The Labute approximate surface area is 307 Å². The second kappa shape index (κ2) is 13.5. The van der Waals surface area contributed by atoms with Crippen molar-refractivity contribution in [3.05, 3.63) is 93.3 Å². The fraction of sp³-hybridized carbons (Fsp3) is 0.452. The van der Waals surface area contributed by atoms with Gasteiger partial charge in [0.25, 0.3) is 5.56 Å². The van der Waals surface area contributed by atoms with Gasteiger partial charge < -0.3 is 14.6 Å². The summed E-state index contributed by atoms with van der Waals surface area (Å²) in [4.78, 5) is 20.2. The maximum Gasteiger partial charge on any atom is 0.280 e. The summed E-state index contributed by atoms with van der Waals surface area (Å²) in [5, 5.41) is 23.4.